The number of carbonyl (C=O) groups is 4. The number of carbonyl (C=O) groups excluding carboxylic acids is 4. The quantitative estimate of drug-likeness (QED) is 0.154. The summed E-state index contributed by atoms with van der Waals surface area (Å²) in [6, 6.07) is 21.6. The van der Waals surface area contributed by atoms with Crippen molar-refractivity contribution in [1.29, 1.82) is 0 Å². The van der Waals surface area contributed by atoms with Gasteiger partial charge in [-0.15, -0.1) is 0 Å². The van der Waals surface area contributed by atoms with Crippen molar-refractivity contribution < 1.29 is 29.0 Å². The second-order valence-electron chi connectivity index (χ2n) is 12.1. The number of hydrogen-bond donors (Lipinski definition) is 5. The van der Waals surface area contributed by atoms with Crippen molar-refractivity contribution in [3.8, 4) is 11.1 Å². The number of alkyl carbamates (subject to hydrolysis) is 1. The van der Waals surface area contributed by atoms with Crippen molar-refractivity contribution in [1.82, 2.24) is 10.6 Å². The van der Waals surface area contributed by atoms with Crippen molar-refractivity contribution in [2.24, 2.45) is 17.6 Å². The number of nitrogens with one attached hydrogen (secondary N) is 3. The van der Waals surface area contributed by atoms with Crippen LogP contribution < -0.4 is 21.7 Å². The van der Waals surface area contributed by atoms with Crippen molar-refractivity contribution in [2.45, 2.75) is 63.5 Å². The van der Waals surface area contributed by atoms with Crippen molar-refractivity contribution in [3.05, 3.63) is 89.5 Å². The molecule has 0 spiro atoms. The molecule has 6 N–H and O–H groups in total. The predicted molar refractivity (Wildman–Crippen MR) is 175 cm³/mol. The predicted octanol–water partition coefficient (Wildman–Crippen LogP) is 5.24. The van der Waals surface area contributed by atoms with E-state index in [0.29, 0.717) is 24.1 Å². The average molecular weight is 627 g/mol. The number of urea groups is 1. The maximum Gasteiger partial charge on any atom is 0.407 e. The number of anilines is 1. The lowest BCUT2D eigenvalue weighted by Gasteiger charge is -2.26. The van der Waals surface area contributed by atoms with Crippen molar-refractivity contribution >= 4 is 29.5 Å². The summed E-state index contributed by atoms with van der Waals surface area (Å²) in [5.74, 6) is -1.41. The molecule has 10 nitrogen and oxygen atoms in total. The molecule has 10 heteroatoms. The number of fused-ring (bicyclic) bond motifs is 3. The Kier molecular flexibility index (Phi) is 11.0. The van der Waals surface area contributed by atoms with Gasteiger partial charge in [0.2, 0.25) is 5.91 Å². The van der Waals surface area contributed by atoms with E-state index in [-0.39, 0.29) is 49.7 Å². The van der Waals surface area contributed by atoms with E-state index in [9.17, 15) is 24.3 Å². The van der Waals surface area contributed by atoms with Crippen LogP contribution in [0.2, 0.25) is 0 Å². The fourth-order valence-corrected chi connectivity index (χ4v) is 6.71. The Morgan fingerprint density at radius 1 is 0.891 bits per heavy atom. The fraction of sp³-hybridized carbons (Fsp3) is 0.389. The number of primary amides is 1. The molecule has 242 valence electrons. The molecule has 46 heavy (non-hydrogen) atoms. The van der Waals surface area contributed by atoms with Gasteiger partial charge in [0.25, 0.3) is 0 Å². The molecule has 4 amide bonds. The van der Waals surface area contributed by atoms with Gasteiger partial charge in [-0.05, 0) is 71.6 Å². The molecule has 0 saturated heterocycles. The third-order valence-electron chi connectivity index (χ3n) is 9.09. The number of hydrogen-bond acceptors (Lipinski definition) is 6. The third-order valence-corrected chi connectivity index (χ3v) is 9.09. The van der Waals surface area contributed by atoms with Crippen LogP contribution in [-0.2, 0) is 20.9 Å². The Hall–Kier alpha value is -4.70. The molecule has 0 aromatic heterocycles. The van der Waals surface area contributed by atoms with E-state index < -0.39 is 24.1 Å². The molecule has 3 aromatic carbocycles. The number of aliphatic hydroxyl groups excluding tert-OH is 1. The fourth-order valence-electron chi connectivity index (χ4n) is 6.71. The van der Waals surface area contributed by atoms with Gasteiger partial charge in [-0.2, -0.15) is 0 Å². The van der Waals surface area contributed by atoms with Crippen LogP contribution >= 0.6 is 0 Å². The van der Waals surface area contributed by atoms with E-state index in [4.69, 9.17) is 10.5 Å². The Balaban J connectivity index is 1.25. The minimum Gasteiger partial charge on any atom is -0.449 e. The molecule has 1 saturated carbocycles. The van der Waals surface area contributed by atoms with E-state index in [2.05, 4.69) is 40.2 Å². The number of rotatable bonds is 14. The molecular formula is C36H42N4O6. The molecule has 0 unspecified atom stereocenters. The summed E-state index contributed by atoms with van der Waals surface area (Å²) in [6.45, 7) is 0.290. The first-order valence-electron chi connectivity index (χ1n) is 16.0. The van der Waals surface area contributed by atoms with E-state index in [1.807, 2.05) is 24.3 Å². The highest BCUT2D eigenvalue weighted by Crippen LogP contribution is 2.44. The first-order valence-corrected chi connectivity index (χ1v) is 16.0. The second-order valence-corrected chi connectivity index (χ2v) is 12.1. The molecule has 2 aliphatic carbocycles. The largest absolute Gasteiger partial charge is 0.449 e. The zero-order valence-corrected chi connectivity index (χ0v) is 25.9. The number of nitrogens with two attached hydrogens (primary N) is 1. The zero-order valence-electron chi connectivity index (χ0n) is 25.9. The van der Waals surface area contributed by atoms with E-state index in [1.54, 1.807) is 24.3 Å². The second kappa shape index (κ2) is 15.5. The van der Waals surface area contributed by atoms with Gasteiger partial charge >= 0.3 is 12.1 Å². The maximum atomic E-state index is 13.9. The topological polar surface area (TPSA) is 160 Å². The lowest BCUT2D eigenvalue weighted by Crippen LogP contribution is -2.47. The van der Waals surface area contributed by atoms with Crippen LogP contribution in [0.5, 0.6) is 0 Å². The first-order chi connectivity index (χ1) is 22.3. The van der Waals surface area contributed by atoms with Gasteiger partial charge < -0.3 is 31.5 Å². The monoisotopic (exact) mass is 626 g/mol. The van der Waals surface area contributed by atoms with Crippen LogP contribution in [0.4, 0.5) is 15.3 Å². The van der Waals surface area contributed by atoms with Gasteiger partial charge in [0.05, 0.1) is 12.6 Å². The lowest BCUT2D eigenvalue weighted by molar-refractivity contribution is -0.128. The van der Waals surface area contributed by atoms with Gasteiger partial charge in [-0.3, -0.25) is 9.59 Å². The van der Waals surface area contributed by atoms with Gasteiger partial charge in [-0.25, -0.2) is 9.59 Å². The number of amides is 4. The summed E-state index contributed by atoms with van der Waals surface area (Å²) in [7, 11) is 0. The summed E-state index contributed by atoms with van der Waals surface area (Å²) < 4.78 is 5.78. The Bertz CT molecular complexity index is 1490. The molecular weight excluding hydrogens is 584 g/mol. The third kappa shape index (κ3) is 8.11. The molecule has 3 aromatic rings. The van der Waals surface area contributed by atoms with Crippen LogP contribution in [0.3, 0.4) is 0 Å². The van der Waals surface area contributed by atoms with Crippen LogP contribution in [0.1, 0.15) is 67.6 Å². The van der Waals surface area contributed by atoms with E-state index in [0.717, 1.165) is 47.9 Å². The molecule has 0 heterocycles. The van der Waals surface area contributed by atoms with E-state index in [1.165, 1.54) is 0 Å². The summed E-state index contributed by atoms with van der Waals surface area (Å²) >= 11 is 0. The molecule has 0 bridgehead atoms. The van der Waals surface area contributed by atoms with Crippen LogP contribution in [0, 0.1) is 11.8 Å². The minimum atomic E-state index is -0.777. The maximum absolute atomic E-state index is 13.9. The summed E-state index contributed by atoms with van der Waals surface area (Å²) in [5, 5.41) is 17.6. The van der Waals surface area contributed by atoms with Gasteiger partial charge in [0.15, 0.2) is 5.78 Å². The highest BCUT2D eigenvalue weighted by atomic mass is 16.5. The average Bonchev–Trinajstić information content (AvgIpc) is 3.71. The molecule has 2 aliphatic rings. The Morgan fingerprint density at radius 2 is 1.52 bits per heavy atom. The number of benzene rings is 3. The molecule has 0 radical (unpaired) electrons. The number of Topliss-reactive ketones (excluding diaryl/α,β-unsaturated/α-hetero) is 1. The number of ether oxygens (including phenoxy) is 1. The lowest BCUT2D eigenvalue weighted by atomic mass is 9.87. The first kappa shape index (κ1) is 32.7. The highest BCUT2D eigenvalue weighted by molar-refractivity contribution is 5.97. The molecule has 5 rings (SSSR count). The Morgan fingerprint density at radius 3 is 2.13 bits per heavy atom. The number of aliphatic hydroxyl groups is 1. The van der Waals surface area contributed by atoms with Gasteiger partial charge in [0, 0.05) is 30.5 Å². The zero-order chi connectivity index (χ0) is 32.5. The Labute approximate surface area is 269 Å². The molecule has 1 fully saturated rings. The smallest absolute Gasteiger partial charge is 0.407 e. The molecule has 0 aliphatic heterocycles. The summed E-state index contributed by atoms with van der Waals surface area (Å²) in [6.07, 6.45) is 3.57. The van der Waals surface area contributed by atoms with Crippen LogP contribution in [0.25, 0.3) is 11.1 Å². The SMILES string of the molecule is NC(=O)NCCC[C@H](CC(=O)[C@@H](NC(=O)OCC1c2ccccc2-c2ccccc21)C1CCCC1)C(=O)Nc1ccc(CO)cc1. The van der Waals surface area contributed by atoms with E-state index >= 15 is 0 Å². The summed E-state index contributed by atoms with van der Waals surface area (Å²) in [5.41, 5.74) is 10.9. The standard InChI is InChI=1S/C36H42N4O6/c37-35(44)38-19-7-10-25(34(43)39-26-17-15-23(21-41)16-18-26)20-32(42)33(24-8-1-2-9-24)40-36(45)46-22-31-29-13-5-3-11-27(29)28-12-4-6-14-30(28)31/h3-6,11-18,24-25,31,33,41H,1-2,7-10,19-22H2,(H,39,43)(H,40,45)(H3,37,38,44)/t25-,33+/m1/s1. The normalized spacial score (nSPS) is 15.3. The van der Waals surface area contributed by atoms with Gasteiger partial charge in [0.1, 0.15) is 6.61 Å². The highest BCUT2D eigenvalue weighted by Gasteiger charge is 2.35. The van der Waals surface area contributed by atoms with Gasteiger partial charge in [-0.1, -0.05) is 73.5 Å². The number of ketones is 1. The van der Waals surface area contributed by atoms with Crippen molar-refractivity contribution in [2.75, 3.05) is 18.5 Å². The molecule has 2 atom stereocenters. The van der Waals surface area contributed by atoms with Crippen LogP contribution in [-0.4, -0.2) is 48.1 Å². The summed E-state index contributed by atoms with van der Waals surface area (Å²) in [4.78, 5) is 51.7. The minimum absolute atomic E-state index is 0.0424. The van der Waals surface area contributed by atoms with Crippen molar-refractivity contribution in [3.63, 3.8) is 0 Å². The van der Waals surface area contributed by atoms with Crippen LogP contribution in [0.15, 0.2) is 72.8 Å².